The molecule has 116 valence electrons. The van der Waals surface area contributed by atoms with E-state index in [-0.39, 0.29) is 24.7 Å². The summed E-state index contributed by atoms with van der Waals surface area (Å²) in [4.78, 5) is 25.7. The maximum atomic E-state index is 11.7. The number of nitrogens with one attached hydrogen (secondary N) is 1. The molecule has 1 saturated heterocycles. The van der Waals surface area contributed by atoms with Crippen LogP contribution in [0.1, 0.15) is 6.42 Å². The van der Waals surface area contributed by atoms with Crippen molar-refractivity contribution in [3.63, 3.8) is 0 Å². The Kier molecular flexibility index (Phi) is 6.17. The van der Waals surface area contributed by atoms with Crippen molar-refractivity contribution in [1.29, 1.82) is 0 Å². The van der Waals surface area contributed by atoms with Crippen LogP contribution in [0.3, 0.4) is 0 Å². The molecule has 1 fully saturated rings. The lowest BCUT2D eigenvalue weighted by Gasteiger charge is -2.34. The van der Waals surface area contributed by atoms with Gasteiger partial charge < -0.3 is 15.3 Å². The molecule has 1 rings (SSSR count). The smallest absolute Gasteiger partial charge is 0.317 e. The normalized spacial score (nSPS) is 16.9. The summed E-state index contributed by atoms with van der Waals surface area (Å²) in [5.74, 6) is -1.13. The van der Waals surface area contributed by atoms with Crippen molar-refractivity contribution in [2.45, 2.75) is 6.42 Å². The number of carboxylic acids is 1. The number of hydrogen-bond acceptors (Lipinski definition) is 5. The summed E-state index contributed by atoms with van der Waals surface area (Å²) in [5.41, 5.74) is 0. The summed E-state index contributed by atoms with van der Waals surface area (Å²) < 4.78 is 21.4. The molecule has 0 aromatic carbocycles. The average Bonchev–Trinajstić information content (AvgIpc) is 2.35. The average molecular weight is 308 g/mol. The molecule has 0 unspecified atom stereocenters. The van der Waals surface area contributed by atoms with Crippen LogP contribution >= 0.6 is 0 Å². The van der Waals surface area contributed by atoms with E-state index in [1.165, 1.54) is 0 Å². The van der Waals surface area contributed by atoms with E-state index >= 15 is 0 Å². The molecule has 0 atom stereocenters. The van der Waals surface area contributed by atoms with Gasteiger partial charge in [0.1, 0.15) is 0 Å². The Morgan fingerprint density at radius 2 is 1.80 bits per heavy atom. The van der Waals surface area contributed by atoms with Crippen LogP contribution in [-0.2, 0) is 14.8 Å². The Morgan fingerprint density at radius 3 is 2.30 bits per heavy atom. The fourth-order valence-corrected chi connectivity index (χ4v) is 2.23. The molecule has 2 amide bonds. The summed E-state index contributed by atoms with van der Waals surface area (Å²) in [6, 6.07) is -0.327. The second-order valence-electron chi connectivity index (χ2n) is 4.57. The van der Waals surface area contributed by atoms with Gasteiger partial charge in [-0.05, 0) is 0 Å². The number of rotatable bonds is 6. The molecule has 9 nitrogen and oxygen atoms in total. The van der Waals surface area contributed by atoms with Crippen LogP contribution in [0.15, 0.2) is 0 Å². The maximum absolute atomic E-state index is 11.7. The quantitative estimate of drug-likeness (QED) is 0.523. The molecule has 0 saturated carbocycles. The van der Waals surface area contributed by atoms with Gasteiger partial charge in [0.2, 0.25) is 10.0 Å². The topological polar surface area (TPSA) is 133 Å². The Labute approximate surface area is 117 Å². The summed E-state index contributed by atoms with van der Waals surface area (Å²) in [6.45, 7) is 2.64. The number of piperazine rings is 1. The van der Waals surface area contributed by atoms with Crippen molar-refractivity contribution < 1.29 is 23.1 Å². The third-order valence-electron chi connectivity index (χ3n) is 2.96. The number of carbonyl (C=O) groups excluding carboxylic acids is 1. The molecular formula is C10H20N4O5S. The Bertz CT molecular complexity index is 445. The summed E-state index contributed by atoms with van der Waals surface area (Å²) in [7, 11) is -3.57. The highest BCUT2D eigenvalue weighted by atomic mass is 32.2. The summed E-state index contributed by atoms with van der Waals surface area (Å²) in [6.07, 6.45) is 0.0839. The number of urea groups is 1. The van der Waals surface area contributed by atoms with Crippen LogP contribution in [0.2, 0.25) is 0 Å². The zero-order valence-electron chi connectivity index (χ0n) is 11.1. The van der Waals surface area contributed by atoms with Gasteiger partial charge in [-0.1, -0.05) is 0 Å². The Balaban J connectivity index is 2.23. The molecule has 0 spiro atoms. The first-order chi connectivity index (χ1) is 9.28. The van der Waals surface area contributed by atoms with Crippen LogP contribution in [-0.4, -0.2) is 80.3 Å². The van der Waals surface area contributed by atoms with Crippen molar-refractivity contribution in [2.24, 2.45) is 5.14 Å². The molecule has 0 radical (unpaired) electrons. The zero-order valence-corrected chi connectivity index (χ0v) is 11.9. The lowest BCUT2D eigenvalue weighted by Crippen LogP contribution is -2.52. The minimum atomic E-state index is -3.57. The van der Waals surface area contributed by atoms with Crippen LogP contribution in [0, 0.1) is 0 Å². The lowest BCUT2D eigenvalue weighted by molar-refractivity contribution is -0.137. The fourth-order valence-electron chi connectivity index (χ4n) is 1.84. The molecule has 0 aromatic rings. The molecule has 0 bridgehead atoms. The molecular weight excluding hydrogens is 288 g/mol. The second kappa shape index (κ2) is 7.41. The van der Waals surface area contributed by atoms with E-state index in [4.69, 9.17) is 10.2 Å². The largest absolute Gasteiger partial charge is 0.481 e. The second-order valence-corrected chi connectivity index (χ2v) is 6.31. The minimum absolute atomic E-state index is 0.0170. The van der Waals surface area contributed by atoms with Crippen molar-refractivity contribution >= 4 is 22.0 Å². The van der Waals surface area contributed by atoms with E-state index in [1.807, 2.05) is 4.90 Å². The maximum Gasteiger partial charge on any atom is 0.317 e. The standard InChI is InChI=1S/C10H20N4O5S/c11-20(18,19)8-2-12-10(17)14-6-4-13(5-7-14)3-1-9(15)16/h1-8H2,(H,12,17)(H,15,16)(H2,11,18,19). The summed E-state index contributed by atoms with van der Waals surface area (Å²) >= 11 is 0. The number of carboxylic acid groups (broad SMARTS) is 1. The third-order valence-corrected chi connectivity index (χ3v) is 3.74. The van der Waals surface area contributed by atoms with Crippen LogP contribution in [0.5, 0.6) is 0 Å². The molecule has 20 heavy (non-hydrogen) atoms. The van der Waals surface area contributed by atoms with Gasteiger partial charge in [-0.15, -0.1) is 0 Å². The highest BCUT2D eigenvalue weighted by Crippen LogP contribution is 2.02. The predicted octanol–water partition coefficient (Wildman–Crippen LogP) is -1.92. The number of amides is 2. The van der Waals surface area contributed by atoms with Gasteiger partial charge in [0.05, 0.1) is 12.2 Å². The number of nitrogens with zero attached hydrogens (tertiary/aromatic N) is 2. The first-order valence-electron chi connectivity index (χ1n) is 6.25. The minimum Gasteiger partial charge on any atom is -0.481 e. The van der Waals surface area contributed by atoms with Crippen LogP contribution in [0.25, 0.3) is 0 Å². The molecule has 1 aliphatic heterocycles. The highest BCUT2D eigenvalue weighted by molar-refractivity contribution is 7.89. The van der Waals surface area contributed by atoms with Crippen LogP contribution in [0.4, 0.5) is 4.79 Å². The van der Waals surface area contributed by atoms with E-state index in [9.17, 15) is 18.0 Å². The van der Waals surface area contributed by atoms with Gasteiger partial charge >= 0.3 is 12.0 Å². The molecule has 1 aliphatic rings. The van der Waals surface area contributed by atoms with Gasteiger partial charge in [0, 0.05) is 39.3 Å². The molecule has 1 heterocycles. The number of hydrogen-bond donors (Lipinski definition) is 3. The molecule has 4 N–H and O–H groups in total. The van der Waals surface area contributed by atoms with Gasteiger partial charge in [-0.25, -0.2) is 18.4 Å². The number of aliphatic carboxylic acids is 1. The van der Waals surface area contributed by atoms with Crippen molar-refractivity contribution in [2.75, 3.05) is 45.0 Å². The fraction of sp³-hybridized carbons (Fsp3) is 0.800. The van der Waals surface area contributed by atoms with Gasteiger partial charge in [-0.3, -0.25) is 9.69 Å². The van der Waals surface area contributed by atoms with E-state index in [0.717, 1.165) is 0 Å². The van der Waals surface area contributed by atoms with Crippen LogP contribution < -0.4 is 10.5 Å². The SMILES string of the molecule is NS(=O)(=O)CCNC(=O)N1CCN(CCC(=O)O)CC1. The summed E-state index contributed by atoms with van der Waals surface area (Å²) in [5, 5.41) is 15.9. The van der Waals surface area contributed by atoms with Crippen molar-refractivity contribution in [3.05, 3.63) is 0 Å². The first-order valence-corrected chi connectivity index (χ1v) is 7.97. The van der Waals surface area contributed by atoms with Gasteiger partial charge in [0.25, 0.3) is 0 Å². The molecule has 0 aliphatic carbocycles. The number of primary sulfonamides is 1. The van der Waals surface area contributed by atoms with E-state index in [1.54, 1.807) is 4.90 Å². The number of nitrogens with two attached hydrogens (primary N) is 1. The van der Waals surface area contributed by atoms with E-state index in [2.05, 4.69) is 5.32 Å². The van der Waals surface area contributed by atoms with E-state index < -0.39 is 16.0 Å². The molecule has 10 heteroatoms. The van der Waals surface area contributed by atoms with Gasteiger partial charge in [-0.2, -0.15) is 0 Å². The van der Waals surface area contributed by atoms with E-state index in [0.29, 0.717) is 32.7 Å². The lowest BCUT2D eigenvalue weighted by atomic mass is 10.3. The zero-order chi connectivity index (χ0) is 15.2. The highest BCUT2D eigenvalue weighted by Gasteiger charge is 2.21. The third kappa shape index (κ3) is 6.68. The van der Waals surface area contributed by atoms with Crippen molar-refractivity contribution in [1.82, 2.24) is 15.1 Å². The first kappa shape index (κ1) is 16.7. The van der Waals surface area contributed by atoms with Gasteiger partial charge in [0.15, 0.2) is 0 Å². The molecule has 0 aromatic heterocycles. The Morgan fingerprint density at radius 1 is 1.20 bits per heavy atom. The predicted molar refractivity (Wildman–Crippen MR) is 71.6 cm³/mol. The number of carbonyl (C=O) groups is 2. The Hall–Kier alpha value is -1.39. The van der Waals surface area contributed by atoms with Crippen molar-refractivity contribution in [3.8, 4) is 0 Å². The monoisotopic (exact) mass is 308 g/mol. The number of sulfonamides is 1.